The maximum absolute atomic E-state index is 12.9. The van der Waals surface area contributed by atoms with Crippen LogP contribution < -0.4 is 4.74 Å². The third-order valence-corrected chi connectivity index (χ3v) is 5.08. The summed E-state index contributed by atoms with van der Waals surface area (Å²) in [6.45, 7) is 2.68. The molecule has 1 unspecified atom stereocenters. The predicted octanol–water partition coefficient (Wildman–Crippen LogP) is 1.79. The van der Waals surface area contributed by atoms with Gasteiger partial charge in [-0.15, -0.1) is 0 Å². The van der Waals surface area contributed by atoms with E-state index in [1.807, 2.05) is 0 Å². The number of carbonyl (C=O) groups is 5. The standard InChI is InChI=1S/C25H31NO9/c27-10-3-1-2-4-12-32-13-14-33-15-16-34-17-18-35-22-9-5-8-21-23(22)25(31)26(24(21)30)20(19-29)7-6-11-28/h1,3,5,8-11,19-20H,2,4,6-7,12-18H2/b3-1+. The van der Waals surface area contributed by atoms with Crippen LogP contribution >= 0.6 is 0 Å². The molecule has 0 N–H and O–H groups in total. The average molecular weight is 490 g/mol. The molecule has 35 heavy (non-hydrogen) atoms. The molecule has 10 nitrogen and oxygen atoms in total. The second-order valence-corrected chi connectivity index (χ2v) is 7.50. The van der Waals surface area contributed by atoms with Gasteiger partial charge in [-0.3, -0.25) is 19.3 Å². The highest BCUT2D eigenvalue weighted by Gasteiger charge is 2.41. The number of allylic oxidation sites excluding steroid dienone is 2. The number of ether oxygens (including phenoxy) is 4. The van der Waals surface area contributed by atoms with E-state index in [-0.39, 0.29) is 42.9 Å². The summed E-state index contributed by atoms with van der Waals surface area (Å²) < 4.78 is 21.9. The maximum Gasteiger partial charge on any atom is 0.265 e. The van der Waals surface area contributed by atoms with Gasteiger partial charge in [0.25, 0.3) is 11.8 Å². The van der Waals surface area contributed by atoms with Crippen molar-refractivity contribution in [2.24, 2.45) is 0 Å². The monoisotopic (exact) mass is 489 g/mol. The lowest BCUT2D eigenvalue weighted by Crippen LogP contribution is -2.41. The minimum Gasteiger partial charge on any atom is -0.490 e. The number of hydrogen-bond donors (Lipinski definition) is 0. The van der Waals surface area contributed by atoms with E-state index >= 15 is 0 Å². The van der Waals surface area contributed by atoms with E-state index in [4.69, 9.17) is 18.9 Å². The highest BCUT2D eigenvalue weighted by atomic mass is 16.6. The fourth-order valence-electron chi connectivity index (χ4n) is 3.40. The third kappa shape index (κ3) is 8.82. The maximum atomic E-state index is 12.9. The van der Waals surface area contributed by atoms with Gasteiger partial charge >= 0.3 is 0 Å². The summed E-state index contributed by atoms with van der Waals surface area (Å²) in [7, 11) is 0. The van der Waals surface area contributed by atoms with Gasteiger partial charge in [0.2, 0.25) is 0 Å². The smallest absolute Gasteiger partial charge is 0.265 e. The minimum absolute atomic E-state index is 0.0650. The minimum atomic E-state index is -1.00. The molecule has 1 aliphatic heterocycles. The van der Waals surface area contributed by atoms with Gasteiger partial charge in [0, 0.05) is 13.0 Å². The summed E-state index contributed by atoms with van der Waals surface area (Å²) in [5.74, 6) is -0.954. The molecule has 0 fully saturated rings. The van der Waals surface area contributed by atoms with Gasteiger partial charge in [0.1, 0.15) is 31.2 Å². The van der Waals surface area contributed by atoms with Gasteiger partial charge in [-0.1, -0.05) is 12.1 Å². The van der Waals surface area contributed by atoms with Crippen LogP contribution in [-0.4, -0.2) is 87.9 Å². The molecule has 1 aromatic rings. The first kappa shape index (κ1) is 28.0. The lowest BCUT2D eigenvalue weighted by atomic mass is 10.1. The summed E-state index contributed by atoms with van der Waals surface area (Å²) in [5.41, 5.74) is 0.276. The van der Waals surface area contributed by atoms with Gasteiger partial charge in [0.15, 0.2) is 0 Å². The molecular weight excluding hydrogens is 458 g/mol. The van der Waals surface area contributed by atoms with Crippen LogP contribution in [0.3, 0.4) is 0 Å². The second kappa shape index (κ2) is 16.4. The number of amides is 2. The highest BCUT2D eigenvalue weighted by molar-refractivity contribution is 6.23. The summed E-state index contributed by atoms with van der Waals surface area (Å²) >= 11 is 0. The lowest BCUT2D eigenvalue weighted by molar-refractivity contribution is -0.112. The first-order valence-electron chi connectivity index (χ1n) is 11.5. The van der Waals surface area contributed by atoms with Crippen LogP contribution in [0.4, 0.5) is 0 Å². The molecule has 0 bridgehead atoms. The van der Waals surface area contributed by atoms with Crippen molar-refractivity contribution in [2.45, 2.75) is 31.7 Å². The quantitative estimate of drug-likeness (QED) is 0.117. The van der Waals surface area contributed by atoms with E-state index in [1.54, 1.807) is 18.2 Å². The molecule has 190 valence electrons. The van der Waals surface area contributed by atoms with E-state index in [1.165, 1.54) is 12.1 Å². The molecule has 0 spiro atoms. The molecular formula is C25H31NO9. The Bertz CT molecular complexity index is 884. The van der Waals surface area contributed by atoms with Crippen molar-refractivity contribution in [1.82, 2.24) is 4.90 Å². The van der Waals surface area contributed by atoms with Crippen LogP contribution in [0.1, 0.15) is 46.4 Å². The van der Waals surface area contributed by atoms with E-state index in [2.05, 4.69) is 0 Å². The molecule has 10 heteroatoms. The van der Waals surface area contributed by atoms with Gasteiger partial charge in [-0.05, 0) is 37.5 Å². The molecule has 2 amide bonds. The van der Waals surface area contributed by atoms with E-state index < -0.39 is 17.9 Å². The van der Waals surface area contributed by atoms with Crippen LogP contribution in [0.15, 0.2) is 30.4 Å². The van der Waals surface area contributed by atoms with Crippen LogP contribution in [0.25, 0.3) is 0 Å². The number of fused-ring (bicyclic) bond motifs is 1. The topological polar surface area (TPSA) is 126 Å². The van der Waals surface area contributed by atoms with Crippen molar-refractivity contribution in [1.29, 1.82) is 0 Å². The molecule has 0 saturated carbocycles. The second-order valence-electron chi connectivity index (χ2n) is 7.50. The Morgan fingerprint density at radius 2 is 1.51 bits per heavy atom. The number of rotatable bonds is 20. The van der Waals surface area contributed by atoms with Crippen molar-refractivity contribution in [2.75, 3.05) is 46.2 Å². The number of unbranched alkanes of at least 4 members (excludes halogenated alkanes) is 1. The Morgan fingerprint density at radius 3 is 2.17 bits per heavy atom. The Hall–Kier alpha value is -3.21. The van der Waals surface area contributed by atoms with E-state index in [9.17, 15) is 24.0 Å². The summed E-state index contributed by atoms with van der Waals surface area (Å²) in [6, 6.07) is 3.69. The summed E-state index contributed by atoms with van der Waals surface area (Å²) in [4.78, 5) is 58.6. The van der Waals surface area contributed by atoms with Crippen molar-refractivity contribution in [3.05, 3.63) is 41.5 Å². The largest absolute Gasteiger partial charge is 0.490 e. The number of benzene rings is 1. The van der Waals surface area contributed by atoms with Crippen LogP contribution in [0.2, 0.25) is 0 Å². The Balaban J connectivity index is 1.65. The lowest BCUT2D eigenvalue weighted by Gasteiger charge is -2.20. The zero-order valence-electron chi connectivity index (χ0n) is 19.6. The SMILES string of the molecule is O=C/C=C/CCCOCCOCCOCCOc1cccc2c1C(=O)N(C(C=O)CCC=O)C2=O. The zero-order valence-corrected chi connectivity index (χ0v) is 19.6. The first-order chi connectivity index (χ1) is 17.2. The molecule has 0 radical (unpaired) electrons. The predicted molar refractivity (Wildman–Crippen MR) is 124 cm³/mol. The van der Waals surface area contributed by atoms with Gasteiger partial charge < -0.3 is 28.5 Å². The van der Waals surface area contributed by atoms with Gasteiger partial charge in [-0.25, -0.2) is 0 Å². The molecule has 2 rings (SSSR count). The number of carbonyl (C=O) groups excluding carboxylic acids is 5. The molecule has 1 aromatic carbocycles. The highest BCUT2D eigenvalue weighted by Crippen LogP contribution is 2.32. The first-order valence-corrected chi connectivity index (χ1v) is 11.5. The summed E-state index contributed by atoms with van der Waals surface area (Å²) in [5, 5.41) is 0. The number of imide groups is 1. The van der Waals surface area contributed by atoms with Crippen molar-refractivity contribution in [3.8, 4) is 5.75 Å². The number of aldehydes is 3. The molecule has 1 aliphatic rings. The molecule has 1 atom stereocenters. The molecule has 1 heterocycles. The van der Waals surface area contributed by atoms with Crippen molar-refractivity contribution >= 4 is 30.7 Å². The van der Waals surface area contributed by atoms with Crippen molar-refractivity contribution in [3.63, 3.8) is 0 Å². The molecule has 0 aromatic heterocycles. The zero-order chi connectivity index (χ0) is 25.3. The Kier molecular flexibility index (Phi) is 13.2. The normalized spacial score (nSPS) is 13.8. The van der Waals surface area contributed by atoms with E-state index in [0.717, 1.165) is 24.0 Å². The summed E-state index contributed by atoms with van der Waals surface area (Å²) in [6.07, 6.45) is 6.94. The fraction of sp³-hybridized carbons (Fsp3) is 0.480. The van der Waals surface area contributed by atoms with Crippen LogP contribution in [-0.2, 0) is 28.6 Å². The van der Waals surface area contributed by atoms with Gasteiger partial charge in [0.05, 0.1) is 50.2 Å². The third-order valence-electron chi connectivity index (χ3n) is 5.08. The Morgan fingerprint density at radius 1 is 0.829 bits per heavy atom. The fourth-order valence-corrected chi connectivity index (χ4v) is 3.40. The van der Waals surface area contributed by atoms with Gasteiger partial charge in [-0.2, -0.15) is 0 Å². The van der Waals surface area contributed by atoms with E-state index in [0.29, 0.717) is 45.6 Å². The molecule has 0 saturated heterocycles. The Labute approximate surface area is 204 Å². The van der Waals surface area contributed by atoms with Crippen LogP contribution in [0.5, 0.6) is 5.75 Å². The number of hydrogen-bond acceptors (Lipinski definition) is 9. The molecule has 0 aliphatic carbocycles. The van der Waals surface area contributed by atoms with Crippen LogP contribution in [0, 0.1) is 0 Å². The average Bonchev–Trinajstić information content (AvgIpc) is 3.12. The van der Waals surface area contributed by atoms with Crippen molar-refractivity contribution < 1.29 is 42.9 Å². The number of nitrogens with zero attached hydrogens (tertiary/aromatic N) is 1.